The van der Waals surface area contributed by atoms with Gasteiger partial charge in [-0.1, -0.05) is 46.0 Å². The second-order valence-electron chi connectivity index (χ2n) is 5.29. The molecule has 3 heteroatoms. The first-order chi connectivity index (χ1) is 9.31. The van der Waals surface area contributed by atoms with E-state index in [4.69, 9.17) is 0 Å². The number of aryl methyl sites for hydroxylation is 1. The van der Waals surface area contributed by atoms with Crippen molar-refractivity contribution in [2.24, 2.45) is 0 Å². The highest BCUT2D eigenvalue weighted by Gasteiger charge is 2.11. The zero-order valence-corrected chi connectivity index (χ0v) is 13.0. The van der Waals surface area contributed by atoms with Crippen LogP contribution < -0.4 is 5.32 Å². The molecule has 0 bridgehead atoms. The largest absolute Gasteiger partial charge is 0.335 e. The predicted molar refractivity (Wildman–Crippen MR) is 82.4 cm³/mol. The van der Waals surface area contributed by atoms with Crippen LogP contribution in [0.15, 0.2) is 12.4 Å². The average molecular weight is 265 g/mol. The molecule has 0 aliphatic carbocycles. The average Bonchev–Trinajstić information content (AvgIpc) is 2.86. The molecule has 1 aromatic heterocycles. The molecule has 0 amide bonds. The van der Waals surface area contributed by atoms with E-state index < -0.39 is 0 Å². The van der Waals surface area contributed by atoms with Crippen molar-refractivity contribution in [3.63, 3.8) is 0 Å². The Morgan fingerprint density at radius 3 is 2.63 bits per heavy atom. The fourth-order valence-corrected chi connectivity index (χ4v) is 2.60. The Morgan fingerprint density at radius 2 is 1.95 bits per heavy atom. The van der Waals surface area contributed by atoms with Crippen molar-refractivity contribution in [1.29, 1.82) is 0 Å². The molecule has 0 spiro atoms. The van der Waals surface area contributed by atoms with Gasteiger partial charge in [0.05, 0.1) is 0 Å². The van der Waals surface area contributed by atoms with E-state index in [2.05, 4.69) is 41.8 Å². The lowest BCUT2D eigenvalue weighted by Gasteiger charge is -2.18. The number of nitrogens with one attached hydrogen (secondary N) is 1. The second-order valence-corrected chi connectivity index (χ2v) is 5.29. The van der Waals surface area contributed by atoms with Crippen LogP contribution in [0.2, 0.25) is 0 Å². The normalized spacial score (nSPS) is 12.8. The van der Waals surface area contributed by atoms with Crippen molar-refractivity contribution in [3.05, 3.63) is 18.2 Å². The van der Waals surface area contributed by atoms with Crippen LogP contribution in [0.1, 0.15) is 65.1 Å². The summed E-state index contributed by atoms with van der Waals surface area (Å²) in [6.45, 7) is 8.71. The molecule has 1 N–H and O–H groups in total. The van der Waals surface area contributed by atoms with Gasteiger partial charge in [-0.2, -0.15) is 0 Å². The highest BCUT2D eigenvalue weighted by Crippen LogP contribution is 2.11. The fourth-order valence-electron chi connectivity index (χ4n) is 2.60. The highest BCUT2D eigenvalue weighted by atomic mass is 15.1. The van der Waals surface area contributed by atoms with Crippen molar-refractivity contribution in [2.45, 2.75) is 78.3 Å². The molecule has 1 atom stereocenters. The summed E-state index contributed by atoms with van der Waals surface area (Å²) in [7, 11) is 0. The Labute approximate surface area is 118 Å². The number of nitrogens with zero attached hydrogens (tertiary/aromatic N) is 2. The Kier molecular flexibility index (Phi) is 8.55. The number of aromatic nitrogens is 2. The van der Waals surface area contributed by atoms with Gasteiger partial charge in [-0.05, 0) is 19.9 Å². The second kappa shape index (κ2) is 10.0. The van der Waals surface area contributed by atoms with E-state index in [1.165, 1.54) is 44.3 Å². The van der Waals surface area contributed by atoms with Crippen molar-refractivity contribution < 1.29 is 0 Å². The molecule has 19 heavy (non-hydrogen) atoms. The van der Waals surface area contributed by atoms with E-state index in [1.807, 2.05) is 6.20 Å². The van der Waals surface area contributed by atoms with Gasteiger partial charge in [-0.15, -0.1) is 0 Å². The molecule has 1 unspecified atom stereocenters. The number of likely N-dealkylation sites (N-methyl/N-ethyl adjacent to an activating group) is 1. The molecule has 0 fully saturated rings. The predicted octanol–water partition coefficient (Wildman–Crippen LogP) is 3.78. The molecule has 3 nitrogen and oxygen atoms in total. The van der Waals surface area contributed by atoms with E-state index in [0.29, 0.717) is 6.04 Å². The maximum atomic E-state index is 4.49. The lowest BCUT2D eigenvalue weighted by Crippen LogP contribution is -2.32. The molecule has 0 aliphatic heterocycles. The molecule has 0 aromatic carbocycles. The Balaban J connectivity index is 2.35. The van der Waals surface area contributed by atoms with E-state index in [-0.39, 0.29) is 0 Å². The minimum absolute atomic E-state index is 0.583. The molecule has 0 saturated carbocycles. The number of hydrogen-bond donors (Lipinski definition) is 1. The fraction of sp³-hybridized carbons (Fsp3) is 0.812. The summed E-state index contributed by atoms with van der Waals surface area (Å²) in [4.78, 5) is 4.49. The summed E-state index contributed by atoms with van der Waals surface area (Å²) >= 11 is 0. The van der Waals surface area contributed by atoms with E-state index in [9.17, 15) is 0 Å². The van der Waals surface area contributed by atoms with Gasteiger partial charge in [0.2, 0.25) is 0 Å². The van der Waals surface area contributed by atoms with Crippen molar-refractivity contribution in [1.82, 2.24) is 14.9 Å². The van der Waals surface area contributed by atoms with Crippen LogP contribution in [-0.2, 0) is 13.0 Å². The Hall–Kier alpha value is -0.830. The summed E-state index contributed by atoms with van der Waals surface area (Å²) < 4.78 is 2.25. The van der Waals surface area contributed by atoms with Crippen LogP contribution in [-0.4, -0.2) is 22.1 Å². The topological polar surface area (TPSA) is 29.9 Å². The molecule has 110 valence electrons. The molecule has 0 aliphatic rings. The molecule has 1 aromatic rings. The molecule has 1 rings (SSSR count). The van der Waals surface area contributed by atoms with Crippen molar-refractivity contribution in [2.75, 3.05) is 6.54 Å². The smallest absolute Gasteiger partial charge is 0.110 e. The highest BCUT2D eigenvalue weighted by molar-refractivity contribution is 4.95. The van der Waals surface area contributed by atoms with Crippen LogP contribution in [0.25, 0.3) is 0 Å². The van der Waals surface area contributed by atoms with Gasteiger partial charge < -0.3 is 9.88 Å². The molecule has 0 saturated heterocycles. The lowest BCUT2D eigenvalue weighted by molar-refractivity contribution is 0.447. The van der Waals surface area contributed by atoms with Gasteiger partial charge in [0.1, 0.15) is 5.82 Å². The first kappa shape index (κ1) is 16.2. The summed E-state index contributed by atoms with van der Waals surface area (Å²) in [6, 6.07) is 0.583. The first-order valence-electron chi connectivity index (χ1n) is 8.05. The van der Waals surface area contributed by atoms with Crippen molar-refractivity contribution >= 4 is 0 Å². The minimum atomic E-state index is 0.583. The van der Waals surface area contributed by atoms with Gasteiger partial charge in [0, 0.05) is 31.4 Å². The van der Waals surface area contributed by atoms with Crippen LogP contribution in [0, 0.1) is 0 Å². The molecular weight excluding hydrogens is 234 g/mol. The van der Waals surface area contributed by atoms with Crippen molar-refractivity contribution in [3.8, 4) is 0 Å². The van der Waals surface area contributed by atoms with Gasteiger partial charge in [-0.3, -0.25) is 0 Å². The van der Waals surface area contributed by atoms with Gasteiger partial charge in [-0.25, -0.2) is 4.98 Å². The van der Waals surface area contributed by atoms with Gasteiger partial charge >= 0.3 is 0 Å². The third-order valence-corrected chi connectivity index (χ3v) is 3.72. The van der Waals surface area contributed by atoms with Crippen LogP contribution in [0.4, 0.5) is 0 Å². The third kappa shape index (κ3) is 6.24. The Morgan fingerprint density at radius 1 is 1.16 bits per heavy atom. The number of hydrogen-bond acceptors (Lipinski definition) is 2. The maximum Gasteiger partial charge on any atom is 0.110 e. The van der Waals surface area contributed by atoms with Crippen LogP contribution in [0.3, 0.4) is 0 Å². The molecule has 1 heterocycles. The number of imidazole rings is 1. The minimum Gasteiger partial charge on any atom is -0.335 e. The quantitative estimate of drug-likeness (QED) is 0.617. The van der Waals surface area contributed by atoms with E-state index in [1.54, 1.807) is 0 Å². The zero-order valence-electron chi connectivity index (χ0n) is 13.0. The summed E-state index contributed by atoms with van der Waals surface area (Å²) in [5, 5.41) is 3.61. The standard InChI is InChI=1S/C16H31N3/c1-4-7-8-9-10-11-15(17-5-2)14-16-18-12-13-19(16)6-3/h12-13,15,17H,4-11,14H2,1-3H3. The molecular formula is C16H31N3. The maximum absolute atomic E-state index is 4.49. The van der Waals surface area contributed by atoms with Crippen LogP contribution >= 0.6 is 0 Å². The van der Waals surface area contributed by atoms with Crippen LogP contribution in [0.5, 0.6) is 0 Å². The van der Waals surface area contributed by atoms with E-state index in [0.717, 1.165) is 19.5 Å². The van der Waals surface area contributed by atoms with Gasteiger partial charge in [0.25, 0.3) is 0 Å². The zero-order chi connectivity index (χ0) is 13.9. The number of rotatable bonds is 11. The van der Waals surface area contributed by atoms with E-state index >= 15 is 0 Å². The summed E-state index contributed by atoms with van der Waals surface area (Å²) in [5.74, 6) is 1.22. The monoisotopic (exact) mass is 265 g/mol. The summed E-state index contributed by atoms with van der Waals surface area (Å²) in [5.41, 5.74) is 0. The van der Waals surface area contributed by atoms with Gasteiger partial charge in [0.15, 0.2) is 0 Å². The SMILES string of the molecule is CCCCCCCC(Cc1nccn1CC)NCC. The molecule has 0 radical (unpaired) electrons. The Bertz CT molecular complexity index is 320. The lowest BCUT2D eigenvalue weighted by atomic mass is 10.0. The summed E-state index contributed by atoms with van der Waals surface area (Å²) in [6.07, 6.45) is 13.1. The third-order valence-electron chi connectivity index (χ3n) is 3.72. The first-order valence-corrected chi connectivity index (χ1v) is 8.05. The number of unbranched alkanes of at least 4 members (excludes halogenated alkanes) is 4.